The highest BCUT2D eigenvalue weighted by Crippen LogP contribution is 2.41. The van der Waals surface area contributed by atoms with E-state index in [-0.39, 0.29) is 0 Å². The van der Waals surface area contributed by atoms with Crippen LogP contribution in [0.15, 0.2) is 5.16 Å². The molecule has 9 heteroatoms. The zero-order chi connectivity index (χ0) is 16.4. The van der Waals surface area contributed by atoms with Crippen LogP contribution in [0.25, 0.3) is 0 Å². The highest BCUT2D eigenvalue weighted by Gasteiger charge is 2.32. The smallest absolute Gasteiger partial charge is 0.228 e. The second kappa shape index (κ2) is 7.08. The van der Waals surface area contributed by atoms with Gasteiger partial charge in [-0.3, -0.25) is 4.57 Å². The lowest BCUT2D eigenvalue weighted by atomic mass is 10.1. The van der Waals surface area contributed by atoms with E-state index in [1.807, 2.05) is 4.68 Å². The van der Waals surface area contributed by atoms with E-state index in [1.165, 1.54) is 32.1 Å². The van der Waals surface area contributed by atoms with Crippen molar-refractivity contribution in [3.8, 4) is 0 Å². The molecule has 0 bridgehead atoms. The minimum absolute atomic E-state index is 0.575. The molecule has 1 saturated carbocycles. The van der Waals surface area contributed by atoms with Gasteiger partial charge < -0.3 is 4.90 Å². The van der Waals surface area contributed by atoms with Gasteiger partial charge in [0, 0.05) is 25.7 Å². The van der Waals surface area contributed by atoms with E-state index >= 15 is 0 Å². The van der Waals surface area contributed by atoms with Gasteiger partial charge in [0.05, 0.1) is 5.75 Å². The van der Waals surface area contributed by atoms with Crippen molar-refractivity contribution in [2.75, 3.05) is 18.0 Å². The molecule has 0 spiro atoms. The van der Waals surface area contributed by atoms with Crippen LogP contribution in [0.2, 0.25) is 0 Å². The van der Waals surface area contributed by atoms with Gasteiger partial charge in [-0.1, -0.05) is 18.7 Å². The Morgan fingerprint density at radius 3 is 2.67 bits per heavy atom. The number of nitrogens with zero attached hydrogens (tertiary/aromatic N) is 8. The molecule has 0 atom stereocenters. The first-order valence-corrected chi connectivity index (χ1v) is 9.93. The first kappa shape index (κ1) is 15.9. The summed E-state index contributed by atoms with van der Waals surface area (Å²) in [6.07, 6.45) is 7.34. The van der Waals surface area contributed by atoms with Gasteiger partial charge in [-0.05, 0) is 49.0 Å². The molecule has 130 valence electrons. The van der Waals surface area contributed by atoms with Gasteiger partial charge in [0.2, 0.25) is 5.95 Å². The standard InChI is InChI=1S/C15H24N8S/c1-2-8-22-13(16-19-20-22)11-24-15-18-17-14(23(15)12-6-7-12)21-9-4-3-5-10-21/h12H,2-11H2,1H3. The molecule has 2 aromatic rings. The van der Waals surface area contributed by atoms with Crippen LogP contribution in [0.1, 0.15) is 57.3 Å². The topological polar surface area (TPSA) is 77.5 Å². The van der Waals surface area contributed by atoms with Gasteiger partial charge in [0.25, 0.3) is 0 Å². The Hall–Kier alpha value is -1.64. The summed E-state index contributed by atoms with van der Waals surface area (Å²) in [5.41, 5.74) is 0. The predicted molar refractivity (Wildman–Crippen MR) is 92.0 cm³/mol. The summed E-state index contributed by atoms with van der Waals surface area (Å²) in [5.74, 6) is 2.71. The molecule has 8 nitrogen and oxygen atoms in total. The zero-order valence-electron chi connectivity index (χ0n) is 14.1. The van der Waals surface area contributed by atoms with Crippen molar-refractivity contribution in [3.05, 3.63) is 5.82 Å². The molecule has 2 fully saturated rings. The zero-order valence-corrected chi connectivity index (χ0v) is 15.0. The molecular formula is C15H24N8S. The molecular weight excluding hydrogens is 324 g/mol. The van der Waals surface area contributed by atoms with Gasteiger partial charge in [0.1, 0.15) is 0 Å². The van der Waals surface area contributed by atoms with Crippen LogP contribution in [0.3, 0.4) is 0 Å². The van der Waals surface area contributed by atoms with Gasteiger partial charge in [-0.15, -0.1) is 15.3 Å². The monoisotopic (exact) mass is 348 g/mol. The summed E-state index contributed by atoms with van der Waals surface area (Å²) in [5, 5.41) is 22.0. The van der Waals surface area contributed by atoms with E-state index in [1.54, 1.807) is 11.8 Å². The molecule has 4 rings (SSSR count). The van der Waals surface area contributed by atoms with Crippen LogP contribution < -0.4 is 4.90 Å². The number of aromatic nitrogens is 7. The molecule has 3 heterocycles. The second-order valence-electron chi connectivity index (χ2n) is 6.54. The Bertz CT molecular complexity index is 671. The van der Waals surface area contributed by atoms with Crippen molar-refractivity contribution in [2.45, 2.75) is 68.9 Å². The number of piperidine rings is 1. The van der Waals surface area contributed by atoms with Gasteiger partial charge >= 0.3 is 0 Å². The summed E-state index contributed by atoms with van der Waals surface area (Å²) in [4.78, 5) is 2.40. The van der Waals surface area contributed by atoms with Crippen molar-refractivity contribution in [2.24, 2.45) is 0 Å². The van der Waals surface area contributed by atoms with E-state index in [0.717, 1.165) is 48.7 Å². The molecule has 0 aromatic carbocycles. The van der Waals surface area contributed by atoms with Gasteiger partial charge in [-0.25, -0.2) is 4.68 Å². The molecule has 0 amide bonds. The average Bonchev–Trinajstić information content (AvgIpc) is 3.21. The fraction of sp³-hybridized carbons (Fsp3) is 0.800. The Kier molecular flexibility index (Phi) is 4.68. The Balaban J connectivity index is 1.50. The molecule has 1 aliphatic heterocycles. The molecule has 24 heavy (non-hydrogen) atoms. The second-order valence-corrected chi connectivity index (χ2v) is 7.48. The van der Waals surface area contributed by atoms with E-state index in [9.17, 15) is 0 Å². The lowest BCUT2D eigenvalue weighted by molar-refractivity contribution is 0.548. The highest BCUT2D eigenvalue weighted by atomic mass is 32.2. The summed E-state index contributed by atoms with van der Waals surface area (Å²) in [6.45, 7) is 5.19. The third-order valence-electron chi connectivity index (χ3n) is 4.57. The fourth-order valence-corrected chi connectivity index (χ4v) is 4.10. The summed E-state index contributed by atoms with van der Waals surface area (Å²) >= 11 is 1.70. The summed E-state index contributed by atoms with van der Waals surface area (Å²) in [7, 11) is 0. The largest absolute Gasteiger partial charge is 0.341 e. The maximum Gasteiger partial charge on any atom is 0.228 e. The Morgan fingerprint density at radius 2 is 1.92 bits per heavy atom. The number of rotatable bonds is 7. The predicted octanol–water partition coefficient (Wildman–Crippen LogP) is 2.29. The molecule has 2 aromatic heterocycles. The van der Waals surface area contributed by atoms with Gasteiger partial charge in [0.15, 0.2) is 11.0 Å². The quantitative estimate of drug-likeness (QED) is 0.710. The summed E-state index contributed by atoms with van der Waals surface area (Å²) in [6, 6.07) is 0.575. The van der Waals surface area contributed by atoms with Crippen molar-refractivity contribution in [1.29, 1.82) is 0 Å². The van der Waals surface area contributed by atoms with Crippen LogP contribution in [0, 0.1) is 0 Å². The van der Waals surface area contributed by atoms with Crippen molar-refractivity contribution >= 4 is 17.7 Å². The molecule has 0 N–H and O–H groups in total. The molecule has 1 saturated heterocycles. The molecule has 0 radical (unpaired) electrons. The maximum absolute atomic E-state index is 4.52. The minimum atomic E-state index is 0.575. The summed E-state index contributed by atoms with van der Waals surface area (Å²) < 4.78 is 4.24. The first-order valence-electron chi connectivity index (χ1n) is 8.94. The van der Waals surface area contributed by atoms with E-state index in [2.05, 4.69) is 42.1 Å². The SMILES string of the molecule is CCCn1nnnc1CSc1nnc(N2CCCCC2)n1C1CC1. The highest BCUT2D eigenvalue weighted by molar-refractivity contribution is 7.98. The van der Waals surface area contributed by atoms with Crippen molar-refractivity contribution in [1.82, 2.24) is 35.0 Å². The number of tetrazole rings is 1. The first-order chi connectivity index (χ1) is 11.9. The lowest BCUT2D eigenvalue weighted by Crippen LogP contribution is -2.31. The number of anilines is 1. The van der Waals surface area contributed by atoms with Crippen molar-refractivity contribution in [3.63, 3.8) is 0 Å². The molecule has 0 unspecified atom stereocenters. The minimum Gasteiger partial charge on any atom is -0.341 e. The van der Waals surface area contributed by atoms with E-state index < -0.39 is 0 Å². The Labute approximate surface area is 146 Å². The van der Waals surface area contributed by atoms with Crippen molar-refractivity contribution < 1.29 is 0 Å². The maximum atomic E-state index is 4.52. The molecule has 2 aliphatic rings. The van der Waals surface area contributed by atoms with E-state index in [0.29, 0.717) is 6.04 Å². The van der Waals surface area contributed by atoms with E-state index in [4.69, 9.17) is 0 Å². The van der Waals surface area contributed by atoms with Crippen LogP contribution in [-0.4, -0.2) is 48.1 Å². The van der Waals surface area contributed by atoms with Gasteiger partial charge in [-0.2, -0.15) is 0 Å². The average molecular weight is 348 g/mol. The normalized spacial score (nSPS) is 18.3. The number of thioether (sulfide) groups is 1. The third kappa shape index (κ3) is 3.26. The van der Waals surface area contributed by atoms with Crippen LogP contribution in [0.4, 0.5) is 5.95 Å². The Morgan fingerprint density at radius 1 is 1.08 bits per heavy atom. The number of aryl methyl sites for hydroxylation is 1. The number of hydrogen-bond donors (Lipinski definition) is 0. The lowest BCUT2D eigenvalue weighted by Gasteiger charge is -2.27. The van der Waals surface area contributed by atoms with Crippen LogP contribution >= 0.6 is 11.8 Å². The van der Waals surface area contributed by atoms with Crippen LogP contribution in [0.5, 0.6) is 0 Å². The molecule has 1 aliphatic carbocycles. The number of hydrogen-bond acceptors (Lipinski definition) is 7. The van der Waals surface area contributed by atoms with Crippen LogP contribution in [-0.2, 0) is 12.3 Å². The third-order valence-corrected chi connectivity index (χ3v) is 5.51. The fourth-order valence-electron chi connectivity index (χ4n) is 3.17.